The van der Waals surface area contributed by atoms with Crippen LogP contribution in [0.4, 0.5) is 17.1 Å². The number of benzene rings is 1. The first-order valence-electron chi connectivity index (χ1n) is 6.99. The molecule has 0 amide bonds. The number of nitro benzene ring substituents is 1. The smallest absolute Gasteiger partial charge is 0.307 e. The quantitative estimate of drug-likeness (QED) is 0.413. The van der Waals surface area contributed by atoms with Crippen LogP contribution in [0.15, 0.2) is 18.2 Å². The van der Waals surface area contributed by atoms with Crippen LogP contribution in [-0.4, -0.2) is 30.6 Å². The Labute approximate surface area is 123 Å². The van der Waals surface area contributed by atoms with Crippen LogP contribution < -0.4 is 10.6 Å². The number of nitrogens with one attached hydrogen (secondary N) is 2. The SMILES string of the molecule is CCCNc1cc(NCCC(=O)OCC)cc([N+](=O)[O-])c1. The van der Waals surface area contributed by atoms with Crippen LogP contribution in [0.25, 0.3) is 0 Å². The highest BCUT2D eigenvalue weighted by Gasteiger charge is 2.10. The van der Waals surface area contributed by atoms with E-state index >= 15 is 0 Å². The van der Waals surface area contributed by atoms with Crippen molar-refractivity contribution >= 4 is 23.0 Å². The molecule has 0 aliphatic rings. The molecule has 21 heavy (non-hydrogen) atoms. The summed E-state index contributed by atoms with van der Waals surface area (Å²) in [6, 6.07) is 4.72. The van der Waals surface area contributed by atoms with Crippen molar-refractivity contribution in [1.29, 1.82) is 0 Å². The van der Waals surface area contributed by atoms with Gasteiger partial charge in [-0.15, -0.1) is 0 Å². The third-order valence-electron chi connectivity index (χ3n) is 2.67. The summed E-state index contributed by atoms with van der Waals surface area (Å²) in [5.74, 6) is -0.292. The molecule has 2 N–H and O–H groups in total. The third-order valence-corrected chi connectivity index (χ3v) is 2.67. The number of anilines is 2. The molecule has 116 valence electrons. The van der Waals surface area contributed by atoms with Crippen LogP contribution in [-0.2, 0) is 9.53 Å². The van der Waals surface area contributed by atoms with E-state index in [1.54, 1.807) is 13.0 Å². The fraction of sp³-hybridized carbons (Fsp3) is 0.500. The van der Waals surface area contributed by atoms with E-state index in [0.717, 1.165) is 13.0 Å². The Morgan fingerprint density at radius 3 is 2.33 bits per heavy atom. The molecule has 7 nitrogen and oxygen atoms in total. The van der Waals surface area contributed by atoms with Crippen LogP contribution in [0, 0.1) is 10.1 Å². The summed E-state index contributed by atoms with van der Waals surface area (Å²) in [4.78, 5) is 21.7. The summed E-state index contributed by atoms with van der Waals surface area (Å²) >= 11 is 0. The Hall–Kier alpha value is -2.31. The minimum absolute atomic E-state index is 0.00902. The van der Waals surface area contributed by atoms with Gasteiger partial charge in [0.05, 0.1) is 18.0 Å². The molecule has 0 aromatic heterocycles. The van der Waals surface area contributed by atoms with Crippen LogP contribution in [0.3, 0.4) is 0 Å². The molecule has 7 heteroatoms. The van der Waals surface area contributed by atoms with E-state index in [-0.39, 0.29) is 18.1 Å². The van der Waals surface area contributed by atoms with Gasteiger partial charge in [0.1, 0.15) is 0 Å². The van der Waals surface area contributed by atoms with Crippen LogP contribution in [0.2, 0.25) is 0 Å². The molecule has 0 heterocycles. The first kappa shape index (κ1) is 16.7. The minimum Gasteiger partial charge on any atom is -0.466 e. The molecule has 1 aromatic carbocycles. The average Bonchev–Trinajstić information content (AvgIpc) is 2.45. The first-order chi connectivity index (χ1) is 10.1. The molecule has 0 saturated carbocycles. The van der Waals surface area contributed by atoms with Gasteiger partial charge in [-0.25, -0.2) is 0 Å². The number of carbonyl (C=O) groups is 1. The molecular weight excluding hydrogens is 274 g/mol. The average molecular weight is 295 g/mol. The lowest BCUT2D eigenvalue weighted by atomic mass is 10.2. The normalized spacial score (nSPS) is 10.0. The summed E-state index contributed by atoms with van der Waals surface area (Å²) in [5, 5.41) is 17.0. The molecule has 0 atom stereocenters. The zero-order chi connectivity index (χ0) is 15.7. The van der Waals surface area contributed by atoms with E-state index in [1.807, 2.05) is 6.92 Å². The molecule has 1 aromatic rings. The van der Waals surface area contributed by atoms with Gasteiger partial charge in [0.2, 0.25) is 0 Å². The molecule has 0 fully saturated rings. The summed E-state index contributed by atoms with van der Waals surface area (Å²) in [7, 11) is 0. The second-order valence-corrected chi connectivity index (χ2v) is 4.43. The van der Waals surface area contributed by atoms with E-state index in [0.29, 0.717) is 24.5 Å². The summed E-state index contributed by atoms with van der Waals surface area (Å²) in [6.45, 7) is 5.22. The molecule has 0 aliphatic heterocycles. The number of carbonyl (C=O) groups excluding carboxylic acids is 1. The standard InChI is InChI=1S/C14H21N3O4/c1-3-6-15-11-8-12(10-13(9-11)17(19)20)16-7-5-14(18)21-4-2/h8-10,15-16H,3-7H2,1-2H3. The van der Waals surface area contributed by atoms with E-state index in [2.05, 4.69) is 10.6 Å². The van der Waals surface area contributed by atoms with E-state index < -0.39 is 4.92 Å². The number of hydrogen-bond acceptors (Lipinski definition) is 6. The van der Waals surface area contributed by atoms with E-state index in [9.17, 15) is 14.9 Å². The Morgan fingerprint density at radius 2 is 1.81 bits per heavy atom. The van der Waals surface area contributed by atoms with Gasteiger partial charge in [0, 0.05) is 36.6 Å². The van der Waals surface area contributed by atoms with Gasteiger partial charge < -0.3 is 15.4 Å². The zero-order valence-electron chi connectivity index (χ0n) is 12.3. The van der Waals surface area contributed by atoms with Gasteiger partial charge >= 0.3 is 5.97 Å². The lowest BCUT2D eigenvalue weighted by molar-refractivity contribution is -0.384. The predicted molar refractivity (Wildman–Crippen MR) is 81.6 cm³/mol. The van der Waals surface area contributed by atoms with Gasteiger partial charge in [-0.1, -0.05) is 6.92 Å². The fourth-order valence-corrected chi connectivity index (χ4v) is 1.73. The number of nitro groups is 1. The van der Waals surface area contributed by atoms with Gasteiger partial charge in [0.15, 0.2) is 0 Å². The summed E-state index contributed by atoms with van der Waals surface area (Å²) in [5.41, 5.74) is 1.30. The van der Waals surface area contributed by atoms with Crippen LogP contribution in [0.1, 0.15) is 26.7 Å². The number of non-ortho nitro benzene ring substituents is 1. The van der Waals surface area contributed by atoms with E-state index in [4.69, 9.17) is 4.74 Å². The van der Waals surface area contributed by atoms with Crippen molar-refractivity contribution in [1.82, 2.24) is 0 Å². The van der Waals surface area contributed by atoms with Crippen molar-refractivity contribution in [2.24, 2.45) is 0 Å². The highest BCUT2D eigenvalue weighted by Crippen LogP contribution is 2.24. The molecule has 0 saturated heterocycles. The maximum absolute atomic E-state index is 11.2. The topological polar surface area (TPSA) is 93.5 Å². The number of rotatable bonds is 9. The lowest BCUT2D eigenvalue weighted by Crippen LogP contribution is -2.11. The maximum Gasteiger partial charge on any atom is 0.307 e. The highest BCUT2D eigenvalue weighted by atomic mass is 16.6. The lowest BCUT2D eigenvalue weighted by Gasteiger charge is -2.10. The second-order valence-electron chi connectivity index (χ2n) is 4.43. The number of nitrogens with zero attached hydrogens (tertiary/aromatic N) is 1. The van der Waals surface area contributed by atoms with Gasteiger partial charge in [0.25, 0.3) is 5.69 Å². The molecule has 0 unspecified atom stereocenters. The first-order valence-corrected chi connectivity index (χ1v) is 6.99. The molecule has 1 rings (SSSR count). The minimum atomic E-state index is -0.437. The molecule has 0 spiro atoms. The molecule has 0 bridgehead atoms. The third kappa shape index (κ3) is 6.11. The van der Waals surface area contributed by atoms with Crippen molar-refractivity contribution in [3.63, 3.8) is 0 Å². The van der Waals surface area contributed by atoms with Crippen LogP contribution in [0.5, 0.6) is 0 Å². The molecule has 0 radical (unpaired) electrons. The second kappa shape index (κ2) is 8.78. The van der Waals surface area contributed by atoms with Crippen LogP contribution >= 0.6 is 0 Å². The number of ether oxygens (including phenoxy) is 1. The molecule has 0 aliphatic carbocycles. The Balaban J connectivity index is 2.69. The van der Waals surface area contributed by atoms with Gasteiger partial charge in [-0.05, 0) is 19.4 Å². The maximum atomic E-state index is 11.2. The Morgan fingerprint density at radius 1 is 1.19 bits per heavy atom. The Kier molecular flexibility index (Phi) is 7.00. The van der Waals surface area contributed by atoms with E-state index in [1.165, 1.54) is 12.1 Å². The van der Waals surface area contributed by atoms with Gasteiger partial charge in [-0.2, -0.15) is 0 Å². The summed E-state index contributed by atoms with van der Waals surface area (Å²) < 4.78 is 4.82. The van der Waals surface area contributed by atoms with Crippen molar-refractivity contribution in [2.45, 2.75) is 26.7 Å². The highest BCUT2D eigenvalue weighted by molar-refractivity contribution is 5.70. The fourth-order valence-electron chi connectivity index (χ4n) is 1.73. The zero-order valence-corrected chi connectivity index (χ0v) is 12.3. The molecular formula is C14H21N3O4. The Bertz CT molecular complexity index is 491. The van der Waals surface area contributed by atoms with Gasteiger partial charge in [-0.3, -0.25) is 14.9 Å². The predicted octanol–water partition coefficient (Wildman–Crippen LogP) is 2.78. The van der Waals surface area contributed by atoms with Crippen molar-refractivity contribution in [3.05, 3.63) is 28.3 Å². The summed E-state index contributed by atoms with van der Waals surface area (Å²) in [6.07, 6.45) is 1.14. The monoisotopic (exact) mass is 295 g/mol. The van der Waals surface area contributed by atoms with Crippen molar-refractivity contribution in [2.75, 3.05) is 30.3 Å². The number of esters is 1. The van der Waals surface area contributed by atoms with Crippen molar-refractivity contribution in [3.8, 4) is 0 Å². The van der Waals surface area contributed by atoms with Crippen molar-refractivity contribution < 1.29 is 14.5 Å². The number of hydrogen-bond donors (Lipinski definition) is 2. The largest absolute Gasteiger partial charge is 0.466 e.